The molecule has 0 aliphatic carbocycles. The quantitative estimate of drug-likeness (QED) is 0.266. The van der Waals surface area contributed by atoms with Crippen LogP contribution in [0.25, 0.3) is 10.8 Å². The van der Waals surface area contributed by atoms with Crippen LogP contribution in [0.5, 0.6) is 11.5 Å². The Morgan fingerprint density at radius 1 is 1.15 bits per heavy atom. The highest BCUT2D eigenvalue weighted by Crippen LogP contribution is 2.43. The highest BCUT2D eigenvalue weighted by Gasteiger charge is 2.62. The van der Waals surface area contributed by atoms with Gasteiger partial charge in [0, 0.05) is 23.9 Å². The zero-order chi connectivity index (χ0) is 28.0. The number of anilines is 1. The van der Waals surface area contributed by atoms with E-state index in [4.69, 9.17) is 21.7 Å². The Morgan fingerprint density at radius 3 is 2.67 bits per heavy atom. The van der Waals surface area contributed by atoms with Crippen LogP contribution in [0.2, 0.25) is 0 Å². The minimum absolute atomic E-state index is 0.0967. The van der Waals surface area contributed by atoms with Crippen LogP contribution in [0.1, 0.15) is 24.1 Å². The van der Waals surface area contributed by atoms with Crippen molar-refractivity contribution in [2.45, 2.75) is 37.4 Å². The van der Waals surface area contributed by atoms with Crippen LogP contribution in [0.3, 0.4) is 0 Å². The number of methoxy groups -OCH3 is 2. The Labute approximate surface area is 237 Å². The van der Waals surface area contributed by atoms with E-state index in [1.54, 1.807) is 37.3 Å². The second kappa shape index (κ2) is 10.3. The number of carbonyl (C=O) groups excluding carboxylic acids is 2. The summed E-state index contributed by atoms with van der Waals surface area (Å²) in [5.41, 5.74) is 1.80. The maximum absolute atomic E-state index is 13.7. The van der Waals surface area contributed by atoms with E-state index >= 15 is 0 Å². The molecule has 3 aliphatic rings. The number of hydrogen-bond donors (Lipinski definition) is 1. The number of piperazine rings is 1. The van der Waals surface area contributed by atoms with Crippen molar-refractivity contribution in [3.63, 3.8) is 0 Å². The zero-order valence-electron chi connectivity index (χ0n) is 22.2. The van der Waals surface area contributed by atoms with E-state index in [-0.39, 0.29) is 29.7 Å². The summed E-state index contributed by atoms with van der Waals surface area (Å²) in [4.78, 5) is 36.5. The van der Waals surface area contributed by atoms with Crippen molar-refractivity contribution in [1.29, 1.82) is 5.26 Å². The van der Waals surface area contributed by atoms with Gasteiger partial charge in [0.25, 0.3) is 5.91 Å². The number of benzene rings is 2. The Hall–Kier alpha value is -4.43. The number of nitrogens with zero attached hydrogens (tertiary/aromatic N) is 5. The predicted molar refractivity (Wildman–Crippen MR) is 152 cm³/mol. The van der Waals surface area contributed by atoms with E-state index in [0.717, 1.165) is 18.4 Å². The van der Waals surface area contributed by atoms with E-state index in [0.29, 0.717) is 52.6 Å². The summed E-state index contributed by atoms with van der Waals surface area (Å²) in [5.74, 6) is 1.12. The number of imide groups is 1. The molecule has 0 radical (unpaired) electrons. The minimum atomic E-state index is -0.604. The number of urea groups is 1. The lowest BCUT2D eigenvalue weighted by Crippen LogP contribution is -2.57. The maximum Gasteiger partial charge on any atom is 0.332 e. The van der Waals surface area contributed by atoms with Crippen molar-refractivity contribution in [2.24, 2.45) is 0 Å². The molecule has 10 nitrogen and oxygen atoms in total. The van der Waals surface area contributed by atoms with Gasteiger partial charge >= 0.3 is 6.03 Å². The van der Waals surface area contributed by atoms with Crippen LogP contribution in [-0.4, -0.2) is 77.3 Å². The van der Waals surface area contributed by atoms with Gasteiger partial charge in [-0.25, -0.2) is 14.7 Å². The van der Waals surface area contributed by atoms with Crippen LogP contribution in [-0.2, 0) is 11.2 Å². The van der Waals surface area contributed by atoms with Crippen molar-refractivity contribution >= 4 is 45.7 Å². The number of hydrogen-bond acceptors (Lipinski definition) is 7. The monoisotopic (exact) mass is 556 g/mol. The lowest BCUT2D eigenvalue weighted by atomic mass is 10.1. The third-order valence-corrected chi connectivity index (χ3v) is 8.39. The van der Waals surface area contributed by atoms with Crippen molar-refractivity contribution in [3.8, 4) is 17.6 Å². The Kier molecular flexibility index (Phi) is 6.64. The van der Waals surface area contributed by atoms with E-state index in [2.05, 4.69) is 21.3 Å². The van der Waals surface area contributed by atoms with Crippen LogP contribution in [0.15, 0.2) is 48.7 Å². The number of likely N-dealkylation sites (tertiary alicyclic amines) is 1. The molecule has 204 valence electrons. The summed E-state index contributed by atoms with van der Waals surface area (Å²) >= 11 is 5.73. The summed E-state index contributed by atoms with van der Waals surface area (Å²) < 4.78 is 10.7. The van der Waals surface area contributed by atoms with Gasteiger partial charge in [0.1, 0.15) is 17.8 Å². The van der Waals surface area contributed by atoms with Gasteiger partial charge in [0.2, 0.25) is 0 Å². The fraction of sp³-hybridized carbons (Fsp3) is 0.345. The summed E-state index contributed by atoms with van der Waals surface area (Å²) in [7, 11) is 3.24. The van der Waals surface area contributed by atoms with Crippen molar-refractivity contribution in [3.05, 3.63) is 59.9 Å². The zero-order valence-corrected chi connectivity index (χ0v) is 23.0. The Morgan fingerprint density at radius 2 is 1.93 bits per heavy atom. The molecule has 6 rings (SSSR count). The number of aryl methyl sites for hydroxylation is 1. The van der Waals surface area contributed by atoms with Gasteiger partial charge in [-0.3, -0.25) is 4.79 Å². The molecule has 2 aromatic carbocycles. The number of nitriles is 1. The van der Waals surface area contributed by atoms with E-state index in [9.17, 15) is 14.9 Å². The lowest BCUT2D eigenvalue weighted by Gasteiger charge is -2.36. The normalized spacial score (nSPS) is 21.1. The molecule has 2 bridgehead atoms. The summed E-state index contributed by atoms with van der Waals surface area (Å²) in [6.45, 7) is 1.26. The molecule has 3 aromatic rings. The first-order valence-corrected chi connectivity index (χ1v) is 13.6. The molecular formula is C29H28N6O4S. The first-order chi connectivity index (χ1) is 19.5. The van der Waals surface area contributed by atoms with Gasteiger partial charge in [0.15, 0.2) is 16.6 Å². The first-order valence-electron chi connectivity index (χ1n) is 13.2. The highest BCUT2D eigenvalue weighted by atomic mass is 32.1. The molecule has 3 saturated heterocycles. The maximum atomic E-state index is 13.7. The molecule has 3 atom stereocenters. The largest absolute Gasteiger partial charge is 0.493 e. The third kappa shape index (κ3) is 4.07. The van der Waals surface area contributed by atoms with Gasteiger partial charge in [0.05, 0.1) is 38.2 Å². The van der Waals surface area contributed by atoms with E-state index in [1.807, 2.05) is 24.3 Å². The Bertz CT molecular complexity index is 1570. The van der Waals surface area contributed by atoms with Crippen LogP contribution in [0.4, 0.5) is 10.5 Å². The minimum Gasteiger partial charge on any atom is -0.493 e. The molecule has 4 heterocycles. The molecule has 1 aromatic heterocycles. The van der Waals surface area contributed by atoms with Crippen molar-refractivity contribution in [1.82, 2.24) is 20.1 Å². The van der Waals surface area contributed by atoms with Crippen LogP contribution >= 0.6 is 12.2 Å². The molecule has 3 fully saturated rings. The summed E-state index contributed by atoms with van der Waals surface area (Å²) in [6, 6.07) is 14.0. The lowest BCUT2D eigenvalue weighted by molar-refractivity contribution is -0.120. The fourth-order valence-corrected chi connectivity index (χ4v) is 6.49. The van der Waals surface area contributed by atoms with E-state index in [1.165, 1.54) is 11.1 Å². The Balaban J connectivity index is 1.12. The number of carbonyl (C=O) groups is 2. The number of thiocarbonyl (C=S) groups is 1. The highest BCUT2D eigenvalue weighted by molar-refractivity contribution is 7.80. The number of rotatable bonds is 7. The molecule has 3 amide bonds. The second-order valence-electron chi connectivity index (χ2n) is 10.1. The molecule has 11 heteroatoms. The third-order valence-electron chi connectivity index (χ3n) is 8.01. The SMILES string of the molecule is COc1ccc(CCCNC(=S)N2CC3CC2[C@H]2C(=O)N(c4cnc(C#N)c5ccccc45)C(=O)N32)cc1OC. The van der Waals surface area contributed by atoms with Crippen LogP contribution in [0, 0.1) is 11.3 Å². The molecule has 0 saturated carbocycles. The number of aromatic nitrogens is 1. The molecule has 0 spiro atoms. The number of pyridine rings is 1. The van der Waals surface area contributed by atoms with Crippen molar-refractivity contribution in [2.75, 3.05) is 32.2 Å². The van der Waals surface area contributed by atoms with Gasteiger partial charge in [-0.2, -0.15) is 5.26 Å². The molecule has 3 aliphatic heterocycles. The molecule has 1 N–H and O–H groups in total. The van der Waals surface area contributed by atoms with E-state index < -0.39 is 6.04 Å². The van der Waals surface area contributed by atoms with Crippen molar-refractivity contribution < 1.29 is 19.1 Å². The number of nitrogens with one attached hydrogen (secondary N) is 1. The topological polar surface area (TPSA) is 111 Å². The number of amides is 3. The fourth-order valence-electron chi connectivity index (χ4n) is 6.18. The van der Waals surface area contributed by atoms with Gasteiger partial charge in [-0.1, -0.05) is 30.3 Å². The average Bonchev–Trinajstić information content (AvgIpc) is 3.65. The predicted octanol–water partition coefficient (Wildman–Crippen LogP) is 3.22. The van der Waals surface area contributed by atoms with Gasteiger partial charge in [-0.05, 0) is 49.2 Å². The summed E-state index contributed by atoms with van der Waals surface area (Å²) in [6.07, 6.45) is 3.85. The summed E-state index contributed by atoms with van der Waals surface area (Å²) in [5, 5.41) is 14.7. The number of ether oxygens (including phenoxy) is 2. The number of fused-ring (bicyclic) bond motifs is 6. The second-order valence-corrected chi connectivity index (χ2v) is 10.5. The molecule has 2 unspecified atom stereocenters. The average molecular weight is 557 g/mol. The van der Waals surface area contributed by atoms with Gasteiger partial charge in [-0.15, -0.1) is 0 Å². The standard InChI is InChI=1S/C29H28N6O4S/c1-38-24-10-9-17(12-25(24)39-2)6-5-11-31-28(40)33-16-18-13-22(33)26-27(36)35(29(37)34(18)26)23-15-32-21(14-30)19-7-3-4-8-20(19)23/h3-4,7-10,12,15,18,22,26H,5-6,11,13,16H2,1-2H3,(H,31,40)/t18?,22?,26-/m0/s1. The van der Waals surface area contributed by atoms with Gasteiger partial charge < -0.3 is 24.6 Å². The smallest absolute Gasteiger partial charge is 0.332 e. The molecule has 40 heavy (non-hydrogen) atoms. The van der Waals surface area contributed by atoms with Crippen LogP contribution < -0.4 is 19.7 Å². The molecular weight excluding hydrogens is 528 g/mol. The first kappa shape index (κ1) is 25.8.